The normalized spacial score (nSPS) is 24.8. The molecule has 1 saturated heterocycles. The molecule has 230 valence electrons. The molecule has 2 fully saturated rings. The molecule has 1 aliphatic heterocycles. The maximum Gasteiger partial charge on any atom is 0.239 e. The summed E-state index contributed by atoms with van der Waals surface area (Å²) in [4.78, 5) is 47.3. The first kappa shape index (κ1) is 29.6. The van der Waals surface area contributed by atoms with Gasteiger partial charge in [0.1, 0.15) is 0 Å². The number of benzene rings is 5. The summed E-state index contributed by atoms with van der Waals surface area (Å²) in [5, 5.41) is 0.575. The van der Waals surface area contributed by atoms with Crippen LogP contribution in [0, 0.1) is 25.7 Å². The average molecular weight is 655 g/mol. The van der Waals surface area contributed by atoms with Gasteiger partial charge in [0.2, 0.25) is 11.8 Å². The van der Waals surface area contributed by atoms with Crippen molar-refractivity contribution in [3.8, 4) is 0 Å². The first-order valence-electron chi connectivity index (χ1n) is 15.6. The summed E-state index contributed by atoms with van der Waals surface area (Å²) in [6.07, 6.45) is 0. The summed E-state index contributed by atoms with van der Waals surface area (Å²) >= 11 is 12.9. The molecular formula is C41H29Cl2NO3. The van der Waals surface area contributed by atoms with Crippen LogP contribution in [0.25, 0.3) is 11.1 Å². The molecular weight excluding hydrogens is 625 g/mol. The number of fused-ring (bicyclic) bond motifs is 5. The largest absolute Gasteiger partial charge is 0.297 e. The Bertz CT molecular complexity index is 2010. The van der Waals surface area contributed by atoms with Crippen molar-refractivity contribution in [3.63, 3.8) is 0 Å². The van der Waals surface area contributed by atoms with Gasteiger partial charge in [-0.25, -0.2) is 4.90 Å². The SMILES string of the molecule is Cc1ccc(C2=C(c3ccc(C)cc3)[C@@]3(c4ccccc4)C(=O)[C@@]2(c2ccccc2)[C@@H]2C(=O)N(c4ccc(Cl)cc4Cl)C(=O)[C@@H]23)cc1. The maximum absolute atomic E-state index is 16.0. The number of carbonyl (C=O) groups excluding carboxylic acids is 3. The number of amides is 2. The number of ketones is 1. The molecule has 2 amide bonds. The highest BCUT2D eigenvalue weighted by molar-refractivity contribution is 6.42. The Kier molecular flexibility index (Phi) is 6.70. The maximum atomic E-state index is 16.0. The van der Waals surface area contributed by atoms with E-state index in [1.54, 1.807) is 12.1 Å². The van der Waals surface area contributed by atoms with Crippen molar-refractivity contribution in [3.05, 3.63) is 171 Å². The van der Waals surface area contributed by atoms with Gasteiger partial charge in [-0.05, 0) is 65.4 Å². The Morgan fingerprint density at radius 3 is 1.38 bits per heavy atom. The first-order valence-corrected chi connectivity index (χ1v) is 16.4. The van der Waals surface area contributed by atoms with Crippen LogP contribution in [0.1, 0.15) is 33.4 Å². The zero-order valence-electron chi connectivity index (χ0n) is 25.7. The van der Waals surface area contributed by atoms with Crippen molar-refractivity contribution >= 4 is 57.6 Å². The van der Waals surface area contributed by atoms with Crippen molar-refractivity contribution in [1.29, 1.82) is 0 Å². The number of hydrogen-bond donors (Lipinski definition) is 0. The lowest BCUT2D eigenvalue weighted by atomic mass is 9.59. The highest BCUT2D eigenvalue weighted by Gasteiger charge is 2.82. The van der Waals surface area contributed by atoms with Crippen molar-refractivity contribution < 1.29 is 14.4 Å². The minimum atomic E-state index is -1.47. The Hall–Kier alpha value is -4.77. The van der Waals surface area contributed by atoms with Gasteiger partial charge in [0, 0.05) is 5.02 Å². The second-order valence-corrected chi connectivity index (χ2v) is 13.6. The van der Waals surface area contributed by atoms with Gasteiger partial charge in [-0.1, -0.05) is 144 Å². The van der Waals surface area contributed by atoms with Gasteiger partial charge in [0.15, 0.2) is 5.78 Å². The van der Waals surface area contributed by atoms with E-state index in [1.807, 2.05) is 123 Å². The fourth-order valence-corrected chi connectivity index (χ4v) is 8.96. The molecule has 6 heteroatoms. The van der Waals surface area contributed by atoms with Crippen LogP contribution >= 0.6 is 23.2 Å². The first-order chi connectivity index (χ1) is 22.7. The van der Waals surface area contributed by atoms with E-state index >= 15 is 14.4 Å². The van der Waals surface area contributed by atoms with Crippen LogP contribution < -0.4 is 4.90 Å². The van der Waals surface area contributed by atoms with Crippen LogP contribution in [-0.4, -0.2) is 17.6 Å². The molecule has 0 N–H and O–H groups in total. The average Bonchev–Trinajstić information content (AvgIpc) is 3.58. The standard InChI is InChI=1S/C41H29Cl2NO3/c1-24-13-17-26(18-14-24)33-34(27-19-15-25(2)16-20-27)41(29-11-7-4-8-12-29)36-35(40(33,39(41)47)28-9-5-3-6-10-28)37(45)44(38(36)46)32-22-21-30(42)23-31(32)43/h3-23,35-36H,1-2H3/t35-,36+,40-,41-/m1/s1. The van der Waals surface area contributed by atoms with Crippen LogP contribution in [0.4, 0.5) is 5.69 Å². The van der Waals surface area contributed by atoms with E-state index in [0.717, 1.165) is 33.4 Å². The van der Waals surface area contributed by atoms with E-state index in [0.29, 0.717) is 16.1 Å². The lowest BCUT2D eigenvalue weighted by Crippen LogP contribution is -2.45. The monoisotopic (exact) mass is 653 g/mol. The molecule has 5 aromatic carbocycles. The number of aryl methyl sites for hydroxylation is 2. The lowest BCUT2D eigenvalue weighted by Gasteiger charge is -2.39. The van der Waals surface area contributed by atoms with Gasteiger partial charge in [0.25, 0.3) is 0 Å². The highest BCUT2D eigenvalue weighted by atomic mass is 35.5. The number of nitrogens with zero attached hydrogens (tertiary/aromatic N) is 1. The van der Waals surface area contributed by atoms with E-state index in [1.165, 1.54) is 11.0 Å². The van der Waals surface area contributed by atoms with Gasteiger partial charge in [-0.3, -0.25) is 14.4 Å². The number of anilines is 1. The molecule has 47 heavy (non-hydrogen) atoms. The Morgan fingerprint density at radius 2 is 0.979 bits per heavy atom. The molecule has 2 aliphatic carbocycles. The van der Waals surface area contributed by atoms with Crippen LogP contribution in [0.3, 0.4) is 0 Å². The zero-order chi connectivity index (χ0) is 32.7. The molecule has 0 unspecified atom stereocenters. The van der Waals surface area contributed by atoms with Crippen molar-refractivity contribution in [2.24, 2.45) is 11.8 Å². The quantitative estimate of drug-likeness (QED) is 0.178. The van der Waals surface area contributed by atoms with E-state index in [9.17, 15) is 0 Å². The second-order valence-electron chi connectivity index (χ2n) is 12.7. The van der Waals surface area contributed by atoms with Crippen LogP contribution in [0.15, 0.2) is 127 Å². The number of allylic oxidation sites excluding steroid dienone is 2. The molecule has 8 rings (SSSR count). The minimum absolute atomic E-state index is 0.160. The summed E-state index contributed by atoms with van der Waals surface area (Å²) in [6.45, 7) is 4.04. The lowest BCUT2D eigenvalue weighted by molar-refractivity contribution is -0.130. The van der Waals surface area contributed by atoms with Crippen LogP contribution in [0.5, 0.6) is 0 Å². The van der Waals surface area contributed by atoms with Gasteiger partial charge in [0.05, 0.1) is 33.4 Å². The third-order valence-electron chi connectivity index (χ3n) is 10.3. The number of Topliss-reactive ketones (excluding diaryl/α,β-unsaturated/α-hetero) is 1. The van der Waals surface area contributed by atoms with E-state index < -0.39 is 34.5 Å². The molecule has 1 heterocycles. The van der Waals surface area contributed by atoms with E-state index in [2.05, 4.69) is 0 Å². The second kappa shape index (κ2) is 10.6. The Labute approximate surface area is 283 Å². The van der Waals surface area contributed by atoms with Gasteiger partial charge < -0.3 is 0 Å². The zero-order valence-corrected chi connectivity index (χ0v) is 27.2. The predicted molar refractivity (Wildman–Crippen MR) is 186 cm³/mol. The molecule has 2 bridgehead atoms. The fourth-order valence-electron chi connectivity index (χ4n) is 8.46. The minimum Gasteiger partial charge on any atom is -0.297 e. The third-order valence-corrected chi connectivity index (χ3v) is 10.8. The molecule has 4 atom stereocenters. The molecule has 4 nitrogen and oxygen atoms in total. The number of rotatable bonds is 5. The van der Waals surface area contributed by atoms with E-state index in [4.69, 9.17) is 23.2 Å². The van der Waals surface area contributed by atoms with Gasteiger partial charge >= 0.3 is 0 Å². The highest BCUT2D eigenvalue weighted by Crippen LogP contribution is 2.74. The number of hydrogen-bond acceptors (Lipinski definition) is 3. The molecule has 5 aromatic rings. The summed E-state index contributed by atoms with van der Waals surface area (Å²) in [7, 11) is 0. The number of halogens is 2. The van der Waals surface area contributed by atoms with Crippen LogP contribution in [0.2, 0.25) is 10.0 Å². The smallest absolute Gasteiger partial charge is 0.239 e. The Balaban J connectivity index is 1.56. The fraction of sp³-hybridized carbons (Fsp3) is 0.146. The predicted octanol–water partition coefficient (Wildman–Crippen LogP) is 8.80. The Morgan fingerprint density at radius 1 is 0.553 bits per heavy atom. The molecule has 0 radical (unpaired) electrons. The molecule has 0 aromatic heterocycles. The molecule has 3 aliphatic rings. The summed E-state index contributed by atoms with van der Waals surface area (Å²) in [5.74, 6) is -3.12. The van der Waals surface area contributed by atoms with Crippen molar-refractivity contribution in [1.82, 2.24) is 0 Å². The summed E-state index contributed by atoms with van der Waals surface area (Å²) < 4.78 is 0. The number of carbonyl (C=O) groups is 3. The van der Waals surface area contributed by atoms with Crippen molar-refractivity contribution in [2.45, 2.75) is 24.7 Å². The number of imide groups is 1. The third kappa shape index (κ3) is 3.86. The van der Waals surface area contributed by atoms with Crippen LogP contribution in [-0.2, 0) is 25.2 Å². The van der Waals surface area contributed by atoms with E-state index in [-0.39, 0.29) is 16.5 Å². The molecule has 0 spiro atoms. The topological polar surface area (TPSA) is 54.5 Å². The van der Waals surface area contributed by atoms with Gasteiger partial charge in [-0.15, -0.1) is 0 Å². The summed E-state index contributed by atoms with van der Waals surface area (Å²) in [6, 6.07) is 40.0. The summed E-state index contributed by atoms with van der Waals surface area (Å²) in [5.41, 5.74) is 4.00. The molecule has 1 saturated carbocycles. The van der Waals surface area contributed by atoms with Crippen molar-refractivity contribution in [2.75, 3.05) is 4.90 Å². The van der Waals surface area contributed by atoms with Gasteiger partial charge in [-0.2, -0.15) is 0 Å².